The molecule has 0 aliphatic carbocycles. The van der Waals surface area contributed by atoms with Crippen molar-refractivity contribution >= 4 is 22.4 Å². The van der Waals surface area contributed by atoms with Gasteiger partial charge < -0.3 is 0 Å². The molecule has 3 aromatic heterocycles. The molecule has 0 saturated heterocycles. The molecule has 0 unspecified atom stereocenters. The van der Waals surface area contributed by atoms with Gasteiger partial charge in [-0.05, 0) is 30.5 Å². The number of fused-ring (bicyclic) bond motifs is 1. The third-order valence-corrected chi connectivity index (χ3v) is 3.66. The fourth-order valence-electron chi connectivity index (χ4n) is 2.43. The average molecular weight is 298 g/mol. The lowest BCUT2D eigenvalue weighted by atomic mass is 10.0. The standard InChI is InChI=1S/C17H16ClN3/c1-11(2)7-16-13-3-5-19-9-12(13)8-17(21-16)14-4-6-20-10-15(14)18/h3-6,8-11H,7H2,1-2H3. The van der Waals surface area contributed by atoms with Gasteiger partial charge >= 0.3 is 0 Å². The molecule has 4 heteroatoms. The summed E-state index contributed by atoms with van der Waals surface area (Å²) < 4.78 is 0. The largest absolute Gasteiger partial charge is 0.264 e. The maximum absolute atomic E-state index is 6.25. The molecule has 0 amide bonds. The van der Waals surface area contributed by atoms with E-state index in [1.807, 2.05) is 30.6 Å². The highest BCUT2D eigenvalue weighted by Crippen LogP contribution is 2.29. The number of pyridine rings is 3. The zero-order valence-electron chi connectivity index (χ0n) is 12.0. The molecule has 0 aliphatic rings. The van der Waals surface area contributed by atoms with E-state index in [0.29, 0.717) is 10.9 Å². The summed E-state index contributed by atoms with van der Waals surface area (Å²) in [7, 11) is 0. The normalized spacial score (nSPS) is 11.2. The van der Waals surface area contributed by atoms with Crippen LogP contribution in [0, 0.1) is 5.92 Å². The zero-order valence-corrected chi connectivity index (χ0v) is 12.8. The highest BCUT2D eigenvalue weighted by atomic mass is 35.5. The first kappa shape index (κ1) is 14.0. The fourth-order valence-corrected chi connectivity index (χ4v) is 2.65. The lowest BCUT2D eigenvalue weighted by Crippen LogP contribution is -2.00. The van der Waals surface area contributed by atoms with Gasteiger partial charge in [-0.25, -0.2) is 0 Å². The van der Waals surface area contributed by atoms with Crippen molar-refractivity contribution in [2.75, 3.05) is 0 Å². The summed E-state index contributed by atoms with van der Waals surface area (Å²) in [5, 5.41) is 2.86. The van der Waals surface area contributed by atoms with Crippen LogP contribution in [0.1, 0.15) is 19.5 Å². The zero-order chi connectivity index (χ0) is 14.8. The maximum Gasteiger partial charge on any atom is 0.0728 e. The molecule has 0 N–H and O–H groups in total. The van der Waals surface area contributed by atoms with Crippen LogP contribution in [0.4, 0.5) is 0 Å². The summed E-state index contributed by atoms with van der Waals surface area (Å²) in [5.74, 6) is 0.539. The molecule has 0 aromatic carbocycles. The Hall–Kier alpha value is -2.00. The third-order valence-electron chi connectivity index (χ3n) is 3.36. The second-order valence-corrected chi connectivity index (χ2v) is 5.91. The molecular weight excluding hydrogens is 282 g/mol. The molecule has 21 heavy (non-hydrogen) atoms. The number of rotatable bonds is 3. The van der Waals surface area contributed by atoms with Crippen molar-refractivity contribution in [2.24, 2.45) is 5.92 Å². The molecule has 3 aromatic rings. The van der Waals surface area contributed by atoms with Gasteiger partial charge in [0, 0.05) is 46.8 Å². The van der Waals surface area contributed by atoms with Crippen LogP contribution >= 0.6 is 11.6 Å². The van der Waals surface area contributed by atoms with E-state index < -0.39 is 0 Å². The van der Waals surface area contributed by atoms with E-state index in [-0.39, 0.29) is 0 Å². The lowest BCUT2D eigenvalue weighted by Gasteiger charge is -2.11. The van der Waals surface area contributed by atoms with Crippen LogP contribution in [0.3, 0.4) is 0 Å². The van der Waals surface area contributed by atoms with Crippen LogP contribution in [0.5, 0.6) is 0 Å². The Morgan fingerprint density at radius 3 is 2.62 bits per heavy atom. The summed E-state index contributed by atoms with van der Waals surface area (Å²) >= 11 is 6.25. The van der Waals surface area contributed by atoms with Crippen molar-refractivity contribution in [3.8, 4) is 11.3 Å². The molecular formula is C17H16ClN3. The molecule has 106 valence electrons. The van der Waals surface area contributed by atoms with E-state index in [9.17, 15) is 0 Å². The van der Waals surface area contributed by atoms with E-state index in [4.69, 9.17) is 16.6 Å². The van der Waals surface area contributed by atoms with Gasteiger partial charge in [-0.15, -0.1) is 0 Å². The van der Waals surface area contributed by atoms with E-state index >= 15 is 0 Å². The second kappa shape index (κ2) is 5.78. The van der Waals surface area contributed by atoms with Crippen molar-refractivity contribution in [3.63, 3.8) is 0 Å². The van der Waals surface area contributed by atoms with Crippen LogP contribution < -0.4 is 0 Å². The van der Waals surface area contributed by atoms with Crippen molar-refractivity contribution in [2.45, 2.75) is 20.3 Å². The van der Waals surface area contributed by atoms with Gasteiger partial charge in [0.05, 0.1) is 10.7 Å². The maximum atomic E-state index is 6.25. The predicted octanol–water partition coefficient (Wildman–Crippen LogP) is 4.54. The Balaban J connectivity index is 2.23. The van der Waals surface area contributed by atoms with E-state index in [2.05, 4.69) is 23.8 Å². The van der Waals surface area contributed by atoms with Gasteiger partial charge in [-0.3, -0.25) is 15.0 Å². The highest BCUT2D eigenvalue weighted by Gasteiger charge is 2.11. The van der Waals surface area contributed by atoms with Gasteiger partial charge in [0.2, 0.25) is 0 Å². The predicted molar refractivity (Wildman–Crippen MR) is 86.3 cm³/mol. The minimum atomic E-state index is 0.539. The molecule has 3 heterocycles. The van der Waals surface area contributed by atoms with Crippen molar-refractivity contribution in [3.05, 3.63) is 53.7 Å². The van der Waals surface area contributed by atoms with Gasteiger partial charge in [-0.2, -0.15) is 0 Å². The Labute approximate surface area is 129 Å². The number of aromatic nitrogens is 3. The Kier molecular flexibility index (Phi) is 3.84. The van der Waals surface area contributed by atoms with Gasteiger partial charge in [0.15, 0.2) is 0 Å². The summed E-state index contributed by atoms with van der Waals surface area (Å²) in [6.45, 7) is 4.39. The fraction of sp³-hybridized carbons (Fsp3) is 0.235. The molecule has 0 aliphatic heterocycles. The average Bonchev–Trinajstić information content (AvgIpc) is 2.47. The first-order valence-corrected chi connectivity index (χ1v) is 7.36. The first-order chi connectivity index (χ1) is 10.1. The monoisotopic (exact) mass is 297 g/mol. The van der Waals surface area contributed by atoms with Crippen molar-refractivity contribution in [1.82, 2.24) is 15.0 Å². The lowest BCUT2D eigenvalue weighted by molar-refractivity contribution is 0.639. The van der Waals surface area contributed by atoms with E-state index in [0.717, 1.165) is 34.1 Å². The molecule has 0 atom stereocenters. The Morgan fingerprint density at radius 2 is 1.86 bits per heavy atom. The van der Waals surface area contributed by atoms with Crippen LogP contribution in [-0.4, -0.2) is 15.0 Å². The number of hydrogen-bond acceptors (Lipinski definition) is 3. The van der Waals surface area contributed by atoms with Crippen LogP contribution in [0.15, 0.2) is 43.0 Å². The summed E-state index contributed by atoms with van der Waals surface area (Å²) in [4.78, 5) is 13.1. The summed E-state index contributed by atoms with van der Waals surface area (Å²) in [5.41, 5.74) is 2.87. The van der Waals surface area contributed by atoms with Crippen LogP contribution in [-0.2, 0) is 6.42 Å². The smallest absolute Gasteiger partial charge is 0.0728 e. The first-order valence-electron chi connectivity index (χ1n) is 6.98. The van der Waals surface area contributed by atoms with Gasteiger partial charge in [-0.1, -0.05) is 25.4 Å². The van der Waals surface area contributed by atoms with Crippen LogP contribution in [0.25, 0.3) is 22.0 Å². The molecule has 0 saturated carbocycles. The molecule has 3 nitrogen and oxygen atoms in total. The third kappa shape index (κ3) is 2.88. The topological polar surface area (TPSA) is 38.7 Å². The Bertz CT molecular complexity index is 784. The van der Waals surface area contributed by atoms with E-state index in [1.54, 1.807) is 12.4 Å². The molecule has 0 bridgehead atoms. The molecule has 3 rings (SSSR count). The summed E-state index contributed by atoms with van der Waals surface area (Å²) in [6.07, 6.45) is 8.00. The van der Waals surface area contributed by atoms with Gasteiger partial charge in [0.1, 0.15) is 0 Å². The molecule has 0 fully saturated rings. The van der Waals surface area contributed by atoms with Crippen molar-refractivity contribution in [1.29, 1.82) is 0 Å². The van der Waals surface area contributed by atoms with Crippen molar-refractivity contribution < 1.29 is 0 Å². The molecule has 0 radical (unpaired) electrons. The number of hydrogen-bond donors (Lipinski definition) is 0. The quantitative estimate of drug-likeness (QED) is 0.712. The second-order valence-electron chi connectivity index (χ2n) is 5.50. The Morgan fingerprint density at radius 1 is 1.10 bits per heavy atom. The van der Waals surface area contributed by atoms with E-state index in [1.165, 1.54) is 0 Å². The van der Waals surface area contributed by atoms with Crippen LogP contribution in [0.2, 0.25) is 5.02 Å². The minimum Gasteiger partial charge on any atom is -0.264 e. The highest BCUT2D eigenvalue weighted by molar-refractivity contribution is 6.33. The number of halogens is 1. The molecule has 0 spiro atoms. The number of nitrogens with zero attached hydrogens (tertiary/aromatic N) is 3. The summed E-state index contributed by atoms with van der Waals surface area (Å²) in [6, 6.07) is 5.96. The minimum absolute atomic E-state index is 0.539. The SMILES string of the molecule is CC(C)Cc1nc(-c2ccncc2Cl)cc2cnccc12. The van der Waals surface area contributed by atoms with Gasteiger partial charge in [0.25, 0.3) is 0 Å².